The number of aliphatic hydroxyl groups is 2. The van der Waals surface area contributed by atoms with Gasteiger partial charge in [-0.2, -0.15) is 0 Å². The second-order valence-corrected chi connectivity index (χ2v) is 4.24. The SMILES string of the molecule is COc1ccc(Br)c(C(=O)NC(CO)CO)c1. The molecule has 94 valence electrons. The van der Waals surface area contributed by atoms with Gasteiger partial charge in [0.15, 0.2) is 0 Å². The third-order valence-corrected chi connectivity index (χ3v) is 2.89. The van der Waals surface area contributed by atoms with Crippen LogP contribution in [0.3, 0.4) is 0 Å². The van der Waals surface area contributed by atoms with Crippen LogP contribution in [0.5, 0.6) is 5.75 Å². The monoisotopic (exact) mass is 303 g/mol. The molecule has 0 saturated carbocycles. The fourth-order valence-electron chi connectivity index (χ4n) is 1.22. The molecule has 1 aromatic carbocycles. The Bertz CT molecular complexity index is 393. The van der Waals surface area contributed by atoms with Crippen LogP contribution in [0.4, 0.5) is 0 Å². The van der Waals surface area contributed by atoms with Crippen molar-refractivity contribution in [3.8, 4) is 5.75 Å². The predicted octanol–water partition coefficient (Wildman–Crippen LogP) is 0.541. The van der Waals surface area contributed by atoms with Crippen molar-refractivity contribution in [3.05, 3.63) is 28.2 Å². The highest BCUT2D eigenvalue weighted by Gasteiger charge is 2.15. The van der Waals surface area contributed by atoms with Gasteiger partial charge in [-0.3, -0.25) is 4.79 Å². The van der Waals surface area contributed by atoms with Gasteiger partial charge in [-0.05, 0) is 34.1 Å². The summed E-state index contributed by atoms with van der Waals surface area (Å²) in [5.74, 6) is 0.173. The number of methoxy groups -OCH3 is 1. The largest absolute Gasteiger partial charge is 0.497 e. The molecule has 0 radical (unpaired) electrons. The highest BCUT2D eigenvalue weighted by molar-refractivity contribution is 9.10. The molecule has 3 N–H and O–H groups in total. The van der Waals surface area contributed by atoms with E-state index in [1.54, 1.807) is 18.2 Å². The second-order valence-electron chi connectivity index (χ2n) is 3.38. The van der Waals surface area contributed by atoms with E-state index in [-0.39, 0.29) is 19.1 Å². The molecule has 0 aromatic heterocycles. The van der Waals surface area contributed by atoms with Crippen molar-refractivity contribution < 1.29 is 19.7 Å². The summed E-state index contributed by atoms with van der Waals surface area (Å²) >= 11 is 3.25. The van der Waals surface area contributed by atoms with Crippen molar-refractivity contribution in [3.63, 3.8) is 0 Å². The van der Waals surface area contributed by atoms with E-state index < -0.39 is 6.04 Å². The molecule has 17 heavy (non-hydrogen) atoms. The van der Waals surface area contributed by atoms with E-state index in [0.29, 0.717) is 15.8 Å². The first-order chi connectivity index (χ1) is 8.12. The lowest BCUT2D eigenvalue weighted by molar-refractivity contribution is 0.0878. The van der Waals surface area contributed by atoms with Gasteiger partial charge in [-0.15, -0.1) is 0 Å². The fourth-order valence-corrected chi connectivity index (χ4v) is 1.64. The molecule has 5 nitrogen and oxygen atoms in total. The molecule has 0 bridgehead atoms. The molecule has 0 aliphatic rings. The number of benzene rings is 1. The first-order valence-corrected chi connectivity index (χ1v) is 5.77. The molecule has 6 heteroatoms. The number of hydrogen-bond acceptors (Lipinski definition) is 4. The minimum atomic E-state index is -0.666. The highest BCUT2D eigenvalue weighted by Crippen LogP contribution is 2.22. The Balaban J connectivity index is 2.87. The summed E-state index contributed by atoms with van der Waals surface area (Å²) in [6, 6.07) is 4.32. The van der Waals surface area contributed by atoms with E-state index in [2.05, 4.69) is 21.2 Å². The molecular weight excluding hydrogens is 290 g/mol. The fraction of sp³-hybridized carbons (Fsp3) is 0.364. The first-order valence-electron chi connectivity index (χ1n) is 4.98. The topological polar surface area (TPSA) is 78.8 Å². The van der Waals surface area contributed by atoms with Gasteiger partial charge in [0, 0.05) is 4.47 Å². The molecule has 0 unspecified atom stereocenters. The van der Waals surface area contributed by atoms with Crippen LogP contribution in [0, 0.1) is 0 Å². The molecule has 0 aliphatic carbocycles. The van der Waals surface area contributed by atoms with Crippen molar-refractivity contribution in [2.75, 3.05) is 20.3 Å². The summed E-state index contributed by atoms with van der Waals surface area (Å²) in [6.07, 6.45) is 0. The average molecular weight is 304 g/mol. The van der Waals surface area contributed by atoms with Gasteiger partial charge < -0.3 is 20.3 Å². The molecule has 0 aliphatic heterocycles. The summed E-state index contributed by atoms with van der Waals surface area (Å²) in [5.41, 5.74) is 0.385. The standard InChI is InChI=1S/C11H14BrNO4/c1-17-8-2-3-10(12)9(4-8)11(16)13-7(5-14)6-15/h2-4,7,14-15H,5-6H2,1H3,(H,13,16). The number of carbonyl (C=O) groups excluding carboxylic acids is 1. The van der Waals surface area contributed by atoms with Gasteiger partial charge in [0.2, 0.25) is 0 Å². The van der Waals surface area contributed by atoms with Crippen LogP contribution < -0.4 is 10.1 Å². The highest BCUT2D eigenvalue weighted by atomic mass is 79.9. The Morgan fingerprint density at radius 1 is 1.47 bits per heavy atom. The molecule has 0 heterocycles. The van der Waals surface area contributed by atoms with Gasteiger partial charge in [0.25, 0.3) is 5.91 Å². The number of hydrogen-bond donors (Lipinski definition) is 3. The number of nitrogens with one attached hydrogen (secondary N) is 1. The smallest absolute Gasteiger partial charge is 0.252 e. The third kappa shape index (κ3) is 3.69. The van der Waals surface area contributed by atoms with E-state index in [4.69, 9.17) is 14.9 Å². The Morgan fingerprint density at radius 3 is 2.65 bits per heavy atom. The second kappa shape index (κ2) is 6.58. The van der Waals surface area contributed by atoms with Crippen LogP contribution in [0.15, 0.2) is 22.7 Å². The van der Waals surface area contributed by atoms with Gasteiger partial charge in [-0.25, -0.2) is 0 Å². The molecule has 0 saturated heterocycles. The molecule has 1 rings (SSSR count). The van der Waals surface area contributed by atoms with E-state index in [0.717, 1.165) is 0 Å². The number of amides is 1. The van der Waals surface area contributed by atoms with Crippen LogP contribution in [-0.2, 0) is 0 Å². The van der Waals surface area contributed by atoms with Gasteiger partial charge in [-0.1, -0.05) is 0 Å². The Kier molecular flexibility index (Phi) is 5.40. The molecule has 0 spiro atoms. The van der Waals surface area contributed by atoms with Gasteiger partial charge in [0.1, 0.15) is 5.75 Å². The molecule has 1 aromatic rings. The third-order valence-electron chi connectivity index (χ3n) is 2.19. The quantitative estimate of drug-likeness (QED) is 0.742. The molecular formula is C11H14BrNO4. The zero-order valence-electron chi connectivity index (χ0n) is 9.31. The summed E-state index contributed by atoms with van der Waals surface area (Å²) in [5, 5.41) is 20.3. The van der Waals surface area contributed by atoms with Crippen LogP contribution >= 0.6 is 15.9 Å². The lowest BCUT2D eigenvalue weighted by Crippen LogP contribution is -2.40. The van der Waals surface area contributed by atoms with Crippen molar-refractivity contribution >= 4 is 21.8 Å². The maximum absolute atomic E-state index is 11.8. The van der Waals surface area contributed by atoms with E-state index in [1.165, 1.54) is 7.11 Å². The summed E-state index contributed by atoms with van der Waals surface area (Å²) in [7, 11) is 1.51. The molecule has 0 atom stereocenters. The van der Waals surface area contributed by atoms with Crippen molar-refractivity contribution in [2.45, 2.75) is 6.04 Å². The van der Waals surface area contributed by atoms with Crippen LogP contribution in [0.2, 0.25) is 0 Å². The number of aliphatic hydroxyl groups excluding tert-OH is 2. The van der Waals surface area contributed by atoms with E-state index in [1.807, 2.05) is 0 Å². The van der Waals surface area contributed by atoms with Crippen LogP contribution in [0.25, 0.3) is 0 Å². The van der Waals surface area contributed by atoms with Gasteiger partial charge >= 0.3 is 0 Å². The van der Waals surface area contributed by atoms with Crippen molar-refractivity contribution in [2.24, 2.45) is 0 Å². The number of halogens is 1. The maximum Gasteiger partial charge on any atom is 0.252 e. The first kappa shape index (κ1) is 14.0. The maximum atomic E-state index is 11.8. The van der Waals surface area contributed by atoms with Crippen molar-refractivity contribution in [1.82, 2.24) is 5.32 Å². The normalized spacial score (nSPS) is 10.4. The summed E-state index contributed by atoms with van der Waals surface area (Å²) in [4.78, 5) is 11.8. The summed E-state index contributed by atoms with van der Waals surface area (Å²) < 4.78 is 5.63. The lowest BCUT2D eigenvalue weighted by atomic mass is 10.2. The molecule has 1 amide bonds. The zero-order valence-corrected chi connectivity index (χ0v) is 10.9. The number of rotatable bonds is 5. The Morgan fingerprint density at radius 2 is 2.12 bits per heavy atom. The van der Waals surface area contributed by atoms with Crippen molar-refractivity contribution in [1.29, 1.82) is 0 Å². The lowest BCUT2D eigenvalue weighted by Gasteiger charge is -2.14. The zero-order chi connectivity index (χ0) is 12.8. The van der Waals surface area contributed by atoms with Gasteiger partial charge in [0.05, 0.1) is 31.9 Å². The van der Waals surface area contributed by atoms with Crippen LogP contribution in [0.1, 0.15) is 10.4 Å². The van der Waals surface area contributed by atoms with E-state index >= 15 is 0 Å². The minimum absolute atomic E-state index is 0.316. The van der Waals surface area contributed by atoms with Crippen LogP contribution in [-0.4, -0.2) is 42.5 Å². The molecule has 0 fully saturated rings. The number of ether oxygens (including phenoxy) is 1. The predicted molar refractivity (Wildman–Crippen MR) is 66.1 cm³/mol. The summed E-state index contributed by atoms with van der Waals surface area (Å²) in [6.45, 7) is -0.631. The number of carbonyl (C=O) groups is 1. The minimum Gasteiger partial charge on any atom is -0.497 e. The Hall–Kier alpha value is -1.11. The van der Waals surface area contributed by atoms with E-state index in [9.17, 15) is 4.79 Å². The Labute approximate surface area is 108 Å². The average Bonchev–Trinajstić information content (AvgIpc) is 2.36.